The summed E-state index contributed by atoms with van der Waals surface area (Å²) in [6, 6.07) is 10.9. The molecule has 0 unspecified atom stereocenters. The fraction of sp³-hybridized carbons (Fsp3) is 0.542. The summed E-state index contributed by atoms with van der Waals surface area (Å²) >= 11 is 0. The van der Waals surface area contributed by atoms with Crippen LogP contribution in [0.3, 0.4) is 0 Å². The van der Waals surface area contributed by atoms with Crippen molar-refractivity contribution in [3.05, 3.63) is 42.2 Å². The molecule has 0 saturated carbocycles. The van der Waals surface area contributed by atoms with Gasteiger partial charge in [0.2, 0.25) is 5.95 Å². The zero-order chi connectivity index (χ0) is 22.1. The van der Waals surface area contributed by atoms with Gasteiger partial charge in [-0.05, 0) is 45.1 Å². The minimum Gasteiger partial charge on any atom is -0.394 e. The first-order valence-corrected chi connectivity index (χ1v) is 11.5. The van der Waals surface area contributed by atoms with Crippen molar-refractivity contribution in [2.24, 2.45) is 0 Å². The summed E-state index contributed by atoms with van der Waals surface area (Å²) in [6.45, 7) is 7.15. The molecule has 0 aliphatic carbocycles. The quantitative estimate of drug-likeness (QED) is 0.342. The van der Waals surface area contributed by atoms with Crippen LogP contribution in [0.4, 0.5) is 11.8 Å². The molecule has 0 aliphatic heterocycles. The van der Waals surface area contributed by atoms with Gasteiger partial charge in [-0.15, -0.1) is 0 Å². The lowest BCUT2D eigenvalue weighted by Gasteiger charge is -2.16. The van der Waals surface area contributed by atoms with Gasteiger partial charge in [-0.1, -0.05) is 50.1 Å². The molecule has 3 N–H and O–H groups in total. The van der Waals surface area contributed by atoms with E-state index in [1.807, 2.05) is 13.3 Å². The lowest BCUT2D eigenvalue weighted by Crippen LogP contribution is -2.24. The van der Waals surface area contributed by atoms with Gasteiger partial charge in [0.25, 0.3) is 0 Å². The number of nitrogens with zero attached hydrogens (tertiary/aromatic N) is 4. The molecule has 31 heavy (non-hydrogen) atoms. The monoisotopic (exact) mass is 424 g/mol. The van der Waals surface area contributed by atoms with Gasteiger partial charge in [-0.3, -0.25) is 0 Å². The maximum absolute atomic E-state index is 9.54. The van der Waals surface area contributed by atoms with Crippen LogP contribution in [0.1, 0.15) is 64.5 Å². The van der Waals surface area contributed by atoms with Crippen LogP contribution in [0.2, 0.25) is 0 Å². The number of aliphatic hydroxyl groups excluding tert-OH is 1. The number of anilines is 2. The van der Waals surface area contributed by atoms with Crippen LogP contribution in [0.25, 0.3) is 11.2 Å². The Balaban J connectivity index is 1.58. The van der Waals surface area contributed by atoms with E-state index >= 15 is 0 Å². The SMILES string of the molecule is CC[C@H](CO)Nc1nc(NCCCCCCc2ccccc2)c2ncn(C(C)C)c2n1. The second-order valence-corrected chi connectivity index (χ2v) is 8.32. The largest absolute Gasteiger partial charge is 0.394 e. The first-order chi connectivity index (χ1) is 15.1. The molecule has 0 spiro atoms. The second kappa shape index (κ2) is 11.6. The van der Waals surface area contributed by atoms with Crippen molar-refractivity contribution in [2.45, 2.75) is 71.4 Å². The van der Waals surface area contributed by atoms with Crippen molar-refractivity contribution >= 4 is 22.9 Å². The molecule has 168 valence electrons. The van der Waals surface area contributed by atoms with E-state index in [4.69, 9.17) is 0 Å². The molecule has 0 radical (unpaired) electrons. The lowest BCUT2D eigenvalue weighted by atomic mass is 10.1. The number of hydrogen-bond donors (Lipinski definition) is 3. The minimum atomic E-state index is -0.0645. The summed E-state index contributed by atoms with van der Waals surface area (Å²) in [6.07, 6.45) is 8.47. The minimum absolute atomic E-state index is 0.0487. The van der Waals surface area contributed by atoms with Crippen LogP contribution >= 0.6 is 0 Å². The van der Waals surface area contributed by atoms with E-state index in [1.165, 1.54) is 24.8 Å². The predicted octanol–water partition coefficient (Wildman–Crippen LogP) is 4.81. The third kappa shape index (κ3) is 6.40. The molecule has 0 bridgehead atoms. The van der Waals surface area contributed by atoms with Gasteiger partial charge in [0.05, 0.1) is 19.0 Å². The molecule has 7 nitrogen and oxygen atoms in total. The summed E-state index contributed by atoms with van der Waals surface area (Å²) in [5, 5.41) is 16.3. The zero-order valence-electron chi connectivity index (χ0n) is 19.0. The molecule has 2 aromatic heterocycles. The average molecular weight is 425 g/mol. The molecule has 0 aliphatic rings. The van der Waals surface area contributed by atoms with Gasteiger partial charge in [0, 0.05) is 12.6 Å². The van der Waals surface area contributed by atoms with Crippen molar-refractivity contribution in [1.29, 1.82) is 0 Å². The topological polar surface area (TPSA) is 87.9 Å². The molecule has 1 aromatic carbocycles. The maximum atomic E-state index is 9.54. The number of unbranched alkanes of at least 4 members (excludes halogenated alkanes) is 3. The number of aliphatic hydroxyl groups is 1. The number of aromatic nitrogens is 4. The number of fused-ring (bicyclic) bond motifs is 1. The summed E-state index contributed by atoms with van der Waals surface area (Å²) in [5.74, 6) is 1.28. The standard InChI is InChI=1S/C24H36N6O/c1-4-20(16-31)27-24-28-22(21-23(29-24)30(17-26-21)18(2)3)25-15-11-6-5-8-12-19-13-9-7-10-14-19/h7,9-10,13-14,17-18,20,31H,4-6,8,11-12,15-16H2,1-3H3,(H2,25,27,28,29)/t20-/m1/s1. The summed E-state index contributed by atoms with van der Waals surface area (Å²) < 4.78 is 2.05. The Kier molecular flexibility index (Phi) is 8.64. The van der Waals surface area contributed by atoms with Gasteiger partial charge < -0.3 is 20.3 Å². The fourth-order valence-electron chi connectivity index (χ4n) is 3.60. The van der Waals surface area contributed by atoms with Crippen LogP contribution in [-0.2, 0) is 6.42 Å². The molecule has 3 rings (SSSR count). The Morgan fingerprint density at radius 1 is 1.03 bits per heavy atom. The van der Waals surface area contributed by atoms with Gasteiger partial charge in [-0.25, -0.2) is 4.98 Å². The average Bonchev–Trinajstić information content (AvgIpc) is 3.22. The van der Waals surface area contributed by atoms with E-state index in [1.54, 1.807) is 0 Å². The molecular formula is C24H36N6O. The summed E-state index contributed by atoms with van der Waals surface area (Å²) in [7, 11) is 0. The molecule has 0 fully saturated rings. The maximum Gasteiger partial charge on any atom is 0.227 e. The normalized spacial score (nSPS) is 12.4. The van der Waals surface area contributed by atoms with E-state index in [9.17, 15) is 5.11 Å². The second-order valence-electron chi connectivity index (χ2n) is 8.32. The van der Waals surface area contributed by atoms with E-state index < -0.39 is 0 Å². The number of aryl methyl sites for hydroxylation is 1. The Morgan fingerprint density at radius 2 is 1.81 bits per heavy atom. The highest BCUT2D eigenvalue weighted by Crippen LogP contribution is 2.24. The first-order valence-electron chi connectivity index (χ1n) is 11.5. The number of hydrogen-bond acceptors (Lipinski definition) is 6. The fourth-order valence-corrected chi connectivity index (χ4v) is 3.60. The van der Waals surface area contributed by atoms with Crippen LogP contribution < -0.4 is 10.6 Å². The Bertz CT molecular complexity index is 920. The van der Waals surface area contributed by atoms with Crippen LogP contribution in [0.5, 0.6) is 0 Å². The van der Waals surface area contributed by atoms with E-state index in [0.29, 0.717) is 5.95 Å². The molecule has 0 saturated heterocycles. The summed E-state index contributed by atoms with van der Waals surface area (Å²) in [5.41, 5.74) is 3.02. The molecule has 0 amide bonds. The zero-order valence-corrected chi connectivity index (χ0v) is 19.0. The van der Waals surface area contributed by atoms with Crippen molar-refractivity contribution in [3.63, 3.8) is 0 Å². The Morgan fingerprint density at radius 3 is 2.52 bits per heavy atom. The molecule has 1 atom stereocenters. The van der Waals surface area contributed by atoms with Crippen molar-refractivity contribution in [3.8, 4) is 0 Å². The number of benzene rings is 1. The first kappa shape index (κ1) is 23.0. The highest BCUT2D eigenvalue weighted by molar-refractivity contribution is 5.84. The Hall–Kier alpha value is -2.67. The highest BCUT2D eigenvalue weighted by atomic mass is 16.3. The molecule has 7 heteroatoms. The van der Waals surface area contributed by atoms with Crippen LogP contribution in [0.15, 0.2) is 36.7 Å². The van der Waals surface area contributed by atoms with Crippen molar-refractivity contribution in [1.82, 2.24) is 19.5 Å². The number of nitrogens with one attached hydrogen (secondary N) is 2. The smallest absolute Gasteiger partial charge is 0.227 e. The van der Waals surface area contributed by atoms with Gasteiger partial charge in [0.15, 0.2) is 17.0 Å². The van der Waals surface area contributed by atoms with Gasteiger partial charge in [0.1, 0.15) is 0 Å². The molecule has 2 heterocycles. The summed E-state index contributed by atoms with van der Waals surface area (Å²) in [4.78, 5) is 13.9. The molecule has 3 aromatic rings. The predicted molar refractivity (Wildman–Crippen MR) is 128 cm³/mol. The third-order valence-corrected chi connectivity index (χ3v) is 5.55. The van der Waals surface area contributed by atoms with E-state index in [2.05, 4.69) is 74.3 Å². The number of imidazole rings is 1. The van der Waals surface area contributed by atoms with E-state index in [-0.39, 0.29) is 18.7 Å². The third-order valence-electron chi connectivity index (χ3n) is 5.55. The Labute approximate surface area is 185 Å². The van der Waals surface area contributed by atoms with Crippen LogP contribution in [-0.4, -0.2) is 43.8 Å². The van der Waals surface area contributed by atoms with Crippen molar-refractivity contribution in [2.75, 3.05) is 23.8 Å². The highest BCUT2D eigenvalue weighted by Gasteiger charge is 2.16. The van der Waals surface area contributed by atoms with Gasteiger partial charge in [-0.2, -0.15) is 9.97 Å². The number of rotatable bonds is 13. The van der Waals surface area contributed by atoms with Gasteiger partial charge >= 0.3 is 0 Å². The lowest BCUT2D eigenvalue weighted by molar-refractivity contribution is 0.271. The van der Waals surface area contributed by atoms with E-state index in [0.717, 1.165) is 42.8 Å². The van der Waals surface area contributed by atoms with Crippen LogP contribution in [0, 0.1) is 0 Å². The molecular weight excluding hydrogens is 388 g/mol. The van der Waals surface area contributed by atoms with Crippen molar-refractivity contribution < 1.29 is 5.11 Å².